The number of rotatable bonds is 7. The second-order valence-electron chi connectivity index (χ2n) is 8.43. The molecule has 0 spiro atoms. The average Bonchev–Trinajstić information content (AvgIpc) is 3.05. The van der Waals surface area contributed by atoms with Crippen LogP contribution in [0.5, 0.6) is 5.75 Å². The Balaban J connectivity index is 1.32. The number of thioether (sulfide) groups is 1. The first-order chi connectivity index (χ1) is 14.4. The van der Waals surface area contributed by atoms with Crippen molar-refractivity contribution in [2.45, 2.75) is 33.5 Å². The van der Waals surface area contributed by atoms with E-state index < -0.39 is 0 Å². The zero-order chi connectivity index (χ0) is 21.1. The second-order valence-corrected chi connectivity index (χ2v) is 9.50. The summed E-state index contributed by atoms with van der Waals surface area (Å²) in [4.78, 5) is 24.6. The highest BCUT2D eigenvalue weighted by Crippen LogP contribution is 2.60. The SMILES string of the molecule is CC1(C)C(/C=C2\CCSC2=O)C1C(=O)OCc1cccc(OCc2ccccc2)c1. The number of carbonyl (C=O) groups excluding carboxylic acids is 2. The molecule has 0 radical (unpaired) electrons. The van der Waals surface area contributed by atoms with Crippen LogP contribution in [0.4, 0.5) is 0 Å². The standard InChI is InChI=1S/C25H26O4S/c1-25(2)21(14-19-11-12-30-24(19)27)22(25)23(26)29-16-18-9-6-10-20(13-18)28-15-17-7-4-3-5-8-17/h3-10,13-14,21-22H,11-12,15-16H2,1-2H3/b19-14+. The maximum absolute atomic E-state index is 12.7. The highest BCUT2D eigenvalue weighted by atomic mass is 32.2. The van der Waals surface area contributed by atoms with Crippen LogP contribution in [-0.2, 0) is 27.5 Å². The molecule has 1 saturated heterocycles. The molecule has 2 aromatic carbocycles. The molecule has 4 nitrogen and oxygen atoms in total. The van der Waals surface area contributed by atoms with E-state index in [9.17, 15) is 9.59 Å². The van der Waals surface area contributed by atoms with Gasteiger partial charge in [-0.1, -0.05) is 74.1 Å². The van der Waals surface area contributed by atoms with Crippen LogP contribution in [0.1, 0.15) is 31.4 Å². The molecule has 0 bridgehead atoms. The summed E-state index contributed by atoms with van der Waals surface area (Å²) in [5.74, 6) is 1.27. The number of allylic oxidation sites excluding steroid dienone is 1. The van der Waals surface area contributed by atoms with Crippen molar-refractivity contribution in [3.8, 4) is 5.75 Å². The van der Waals surface area contributed by atoms with Gasteiger partial charge in [0.05, 0.1) is 5.92 Å². The molecular weight excluding hydrogens is 396 g/mol. The number of esters is 1. The molecule has 5 heteroatoms. The summed E-state index contributed by atoms with van der Waals surface area (Å²) in [5.41, 5.74) is 2.68. The lowest BCUT2D eigenvalue weighted by atomic mass is 10.1. The molecule has 0 aromatic heterocycles. The Kier molecular flexibility index (Phi) is 6.00. The van der Waals surface area contributed by atoms with Crippen LogP contribution in [0.3, 0.4) is 0 Å². The molecule has 0 amide bonds. The van der Waals surface area contributed by atoms with Crippen LogP contribution >= 0.6 is 11.8 Å². The Labute approximate surface area is 181 Å². The molecule has 2 unspecified atom stereocenters. The van der Waals surface area contributed by atoms with Crippen molar-refractivity contribution in [3.63, 3.8) is 0 Å². The Morgan fingerprint density at radius 2 is 1.87 bits per heavy atom. The molecule has 2 fully saturated rings. The number of benzene rings is 2. The van der Waals surface area contributed by atoms with Gasteiger partial charge in [-0.15, -0.1) is 0 Å². The van der Waals surface area contributed by atoms with E-state index >= 15 is 0 Å². The number of carbonyl (C=O) groups is 2. The number of hydrogen-bond acceptors (Lipinski definition) is 5. The first-order valence-electron chi connectivity index (χ1n) is 10.3. The number of ether oxygens (including phenoxy) is 2. The fourth-order valence-electron chi connectivity index (χ4n) is 3.97. The lowest BCUT2D eigenvalue weighted by molar-refractivity contribution is -0.147. The van der Waals surface area contributed by atoms with Gasteiger partial charge in [0.25, 0.3) is 0 Å². The molecule has 156 valence electrons. The zero-order valence-electron chi connectivity index (χ0n) is 17.3. The molecule has 2 aromatic rings. The Morgan fingerprint density at radius 3 is 2.60 bits per heavy atom. The van der Waals surface area contributed by atoms with E-state index in [0.717, 1.165) is 34.6 Å². The average molecular weight is 423 g/mol. The summed E-state index contributed by atoms with van der Waals surface area (Å²) < 4.78 is 11.5. The van der Waals surface area contributed by atoms with E-state index in [1.165, 1.54) is 11.8 Å². The van der Waals surface area contributed by atoms with Crippen molar-refractivity contribution >= 4 is 22.8 Å². The first-order valence-corrected chi connectivity index (χ1v) is 11.2. The fraction of sp³-hybridized carbons (Fsp3) is 0.360. The van der Waals surface area contributed by atoms with Crippen molar-refractivity contribution in [1.29, 1.82) is 0 Å². The third kappa shape index (κ3) is 4.62. The largest absolute Gasteiger partial charge is 0.489 e. The van der Waals surface area contributed by atoms with Gasteiger partial charge in [-0.25, -0.2) is 0 Å². The summed E-state index contributed by atoms with van der Waals surface area (Å²) in [5, 5.41) is 0.150. The van der Waals surface area contributed by atoms with Gasteiger partial charge in [0.15, 0.2) is 0 Å². The van der Waals surface area contributed by atoms with Crippen molar-refractivity contribution in [1.82, 2.24) is 0 Å². The minimum absolute atomic E-state index is 0.0724. The highest BCUT2D eigenvalue weighted by molar-refractivity contribution is 8.14. The van der Waals surface area contributed by atoms with Gasteiger partial charge < -0.3 is 9.47 Å². The fourth-order valence-corrected chi connectivity index (χ4v) is 4.83. The minimum atomic E-state index is -0.199. The van der Waals surface area contributed by atoms with Crippen molar-refractivity contribution in [2.24, 2.45) is 17.3 Å². The molecule has 4 rings (SSSR count). The molecule has 2 atom stereocenters. The predicted molar refractivity (Wildman–Crippen MR) is 118 cm³/mol. The van der Waals surface area contributed by atoms with Gasteiger partial charge in [0.1, 0.15) is 19.0 Å². The molecule has 1 saturated carbocycles. The van der Waals surface area contributed by atoms with Gasteiger partial charge in [-0.3, -0.25) is 9.59 Å². The molecule has 2 aliphatic rings. The lowest BCUT2D eigenvalue weighted by Crippen LogP contribution is -2.10. The van der Waals surface area contributed by atoms with Crippen molar-refractivity contribution < 1.29 is 19.1 Å². The maximum atomic E-state index is 12.7. The smallest absolute Gasteiger partial charge is 0.310 e. The van der Waals surface area contributed by atoms with Crippen LogP contribution in [0.2, 0.25) is 0 Å². The summed E-state index contributed by atoms with van der Waals surface area (Å²) in [6.07, 6.45) is 2.81. The van der Waals surface area contributed by atoms with Crippen LogP contribution in [0, 0.1) is 17.3 Å². The van der Waals surface area contributed by atoms with Gasteiger partial charge >= 0.3 is 5.97 Å². The van der Waals surface area contributed by atoms with Crippen LogP contribution in [-0.4, -0.2) is 16.8 Å². The lowest BCUT2D eigenvalue weighted by Gasteiger charge is -2.09. The van der Waals surface area contributed by atoms with E-state index in [1.54, 1.807) is 0 Å². The number of hydrogen-bond donors (Lipinski definition) is 0. The molecule has 1 aliphatic carbocycles. The molecule has 1 aliphatic heterocycles. The van der Waals surface area contributed by atoms with E-state index in [1.807, 2.05) is 60.7 Å². The van der Waals surface area contributed by atoms with E-state index in [4.69, 9.17) is 9.47 Å². The van der Waals surface area contributed by atoms with E-state index in [0.29, 0.717) is 6.61 Å². The summed E-state index contributed by atoms with van der Waals surface area (Å²) in [7, 11) is 0. The third-order valence-corrected chi connectivity index (χ3v) is 6.87. The molecule has 0 N–H and O–H groups in total. The maximum Gasteiger partial charge on any atom is 0.310 e. The monoisotopic (exact) mass is 422 g/mol. The summed E-state index contributed by atoms with van der Waals surface area (Å²) in [6.45, 7) is 4.83. The molecule has 1 heterocycles. The van der Waals surface area contributed by atoms with Crippen LogP contribution in [0.25, 0.3) is 0 Å². The van der Waals surface area contributed by atoms with Gasteiger partial charge in [-0.2, -0.15) is 0 Å². The third-order valence-electron chi connectivity index (χ3n) is 5.94. The predicted octanol–water partition coefficient (Wildman–Crippen LogP) is 5.17. The normalized spacial score (nSPS) is 23.4. The zero-order valence-corrected chi connectivity index (χ0v) is 18.1. The van der Waals surface area contributed by atoms with Gasteiger partial charge in [0, 0.05) is 11.3 Å². The van der Waals surface area contributed by atoms with E-state index in [-0.39, 0.29) is 34.9 Å². The van der Waals surface area contributed by atoms with Crippen molar-refractivity contribution in [2.75, 3.05) is 5.75 Å². The minimum Gasteiger partial charge on any atom is -0.489 e. The second kappa shape index (κ2) is 8.68. The Hall–Kier alpha value is -2.53. The Morgan fingerprint density at radius 1 is 1.10 bits per heavy atom. The first kappa shape index (κ1) is 20.7. The Bertz CT molecular complexity index is 964. The van der Waals surface area contributed by atoms with Gasteiger partial charge in [-0.05, 0) is 41.0 Å². The van der Waals surface area contributed by atoms with E-state index in [2.05, 4.69) is 13.8 Å². The molecule has 30 heavy (non-hydrogen) atoms. The topological polar surface area (TPSA) is 52.6 Å². The summed E-state index contributed by atoms with van der Waals surface area (Å²) >= 11 is 1.36. The quantitative estimate of drug-likeness (QED) is 0.455. The van der Waals surface area contributed by atoms with Crippen LogP contribution < -0.4 is 4.74 Å². The molecular formula is C25H26O4S. The van der Waals surface area contributed by atoms with Crippen molar-refractivity contribution in [3.05, 3.63) is 77.4 Å². The summed E-state index contributed by atoms with van der Waals surface area (Å²) in [6, 6.07) is 17.6. The van der Waals surface area contributed by atoms with Crippen LogP contribution in [0.15, 0.2) is 66.2 Å². The van der Waals surface area contributed by atoms with Gasteiger partial charge in [0.2, 0.25) is 5.12 Å². The highest BCUT2D eigenvalue weighted by Gasteiger charge is 2.61.